The van der Waals surface area contributed by atoms with Gasteiger partial charge in [-0.05, 0) is 41.0 Å². The van der Waals surface area contributed by atoms with Crippen LogP contribution >= 0.6 is 22.6 Å². The maximum atomic E-state index is 4.44. The number of hydrogen-bond donors (Lipinski definition) is 0. The molecule has 18 heavy (non-hydrogen) atoms. The summed E-state index contributed by atoms with van der Waals surface area (Å²) in [6.07, 6.45) is 6.26. The van der Waals surface area contributed by atoms with E-state index in [1.807, 2.05) is 18.5 Å². The first-order valence-corrected chi connectivity index (χ1v) is 7.19. The van der Waals surface area contributed by atoms with Crippen molar-refractivity contribution in [2.45, 2.75) is 25.4 Å². The van der Waals surface area contributed by atoms with Crippen molar-refractivity contribution in [2.24, 2.45) is 0 Å². The fourth-order valence-electron chi connectivity index (χ4n) is 1.98. The van der Waals surface area contributed by atoms with Gasteiger partial charge in [-0.3, -0.25) is 0 Å². The molecule has 1 aromatic heterocycles. The fraction of sp³-hybridized carbons (Fsp3) is 0.286. The number of aromatic nitrogens is 2. The Hall–Kier alpha value is -1.17. The van der Waals surface area contributed by atoms with Crippen LogP contribution in [0.15, 0.2) is 42.7 Å². The Labute approximate surface area is 120 Å². The Kier molecular flexibility index (Phi) is 3.45. The molecule has 1 fully saturated rings. The summed E-state index contributed by atoms with van der Waals surface area (Å²) < 4.78 is 1.08. The highest BCUT2D eigenvalue weighted by molar-refractivity contribution is 14.1. The van der Waals surface area contributed by atoms with Gasteiger partial charge in [0.15, 0.2) is 0 Å². The van der Waals surface area contributed by atoms with Gasteiger partial charge in [-0.2, -0.15) is 0 Å². The standard InChI is InChI=1S/C14H14IN3/c15-12-8-16-14(17-9-12)18(13-6-7-13)10-11-4-2-1-3-5-11/h1-5,8-9,13H,6-7,10H2. The number of anilines is 1. The highest BCUT2D eigenvalue weighted by atomic mass is 127. The molecular weight excluding hydrogens is 337 g/mol. The Balaban J connectivity index is 1.82. The number of hydrogen-bond acceptors (Lipinski definition) is 3. The molecule has 0 N–H and O–H groups in total. The first-order valence-electron chi connectivity index (χ1n) is 6.11. The molecule has 3 nitrogen and oxygen atoms in total. The minimum Gasteiger partial charge on any atom is -0.334 e. The maximum Gasteiger partial charge on any atom is 0.225 e. The molecule has 4 heteroatoms. The van der Waals surface area contributed by atoms with E-state index in [1.54, 1.807) is 0 Å². The van der Waals surface area contributed by atoms with Crippen molar-refractivity contribution >= 4 is 28.5 Å². The summed E-state index contributed by atoms with van der Waals surface area (Å²) in [6.45, 7) is 0.895. The van der Waals surface area contributed by atoms with Crippen LogP contribution in [0.2, 0.25) is 0 Å². The van der Waals surface area contributed by atoms with Gasteiger partial charge in [-0.25, -0.2) is 9.97 Å². The van der Waals surface area contributed by atoms with Crippen molar-refractivity contribution < 1.29 is 0 Å². The van der Waals surface area contributed by atoms with E-state index < -0.39 is 0 Å². The second kappa shape index (κ2) is 5.22. The van der Waals surface area contributed by atoms with E-state index in [-0.39, 0.29) is 0 Å². The van der Waals surface area contributed by atoms with Gasteiger partial charge in [0.1, 0.15) is 0 Å². The lowest BCUT2D eigenvalue weighted by atomic mass is 10.2. The Morgan fingerprint density at radius 1 is 1.11 bits per heavy atom. The molecule has 1 saturated carbocycles. The zero-order valence-electron chi connectivity index (χ0n) is 9.96. The van der Waals surface area contributed by atoms with Crippen molar-refractivity contribution in [3.8, 4) is 0 Å². The highest BCUT2D eigenvalue weighted by Gasteiger charge is 2.30. The van der Waals surface area contributed by atoms with Gasteiger partial charge in [-0.1, -0.05) is 30.3 Å². The highest BCUT2D eigenvalue weighted by Crippen LogP contribution is 2.31. The summed E-state index contributed by atoms with van der Waals surface area (Å²) in [6, 6.07) is 11.1. The summed E-state index contributed by atoms with van der Waals surface area (Å²) in [5.41, 5.74) is 1.31. The summed E-state index contributed by atoms with van der Waals surface area (Å²) in [7, 11) is 0. The molecular formula is C14H14IN3. The van der Waals surface area contributed by atoms with Crippen molar-refractivity contribution in [3.05, 3.63) is 51.9 Å². The van der Waals surface area contributed by atoms with Gasteiger partial charge in [0, 0.05) is 28.6 Å². The molecule has 0 amide bonds. The average molecular weight is 351 g/mol. The zero-order valence-corrected chi connectivity index (χ0v) is 12.1. The van der Waals surface area contributed by atoms with Crippen LogP contribution in [0.25, 0.3) is 0 Å². The van der Waals surface area contributed by atoms with Gasteiger partial charge in [-0.15, -0.1) is 0 Å². The van der Waals surface area contributed by atoms with Crippen molar-refractivity contribution in [2.75, 3.05) is 4.90 Å². The lowest BCUT2D eigenvalue weighted by Crippen LogP contribution is -2.26. The summed E-state index contributed by atoms with van der Waals surface area (Å²) in [4.78, 5) is 11.2. The Morgan fingerprint density at radius 2 is 1.78 bits per heavy atom. The Morgan fingerprint density at radius 3 is 2.39 bits per heavy atom. The SMILES string of the molecule is Ic1cnc(N(Cc2ccccc2)C2CC2)nc1. The maximum absolute atomic E-state index is 4.44. The third-order valence-corrected chi connectivity index (χ3v) is 3.60. The number of halogens is 1. The van der Waals surface area contributed by atoms with Crippen LogP contribution in [0, 0.1) is 3.57 Å². The quantitative estimate of drug-likeness (QED) is 0.792. The van der Waals surface area contributed by atoms with Crippen molar-refractivity contribution in [1.29, 1.82) is 0 Å². The Bertz CT molecular complexity index is 508. The summed E-state index contributed by atoms with van der Waals surface area (Å²) in [5.74, 6) is 0.849. The topological polar surface area (TPSA) is 29.0 Å². The third-order valence-electron chi connectivity index (χ3n) is 3.05. The minimum atomic E-state index is 0.616. The third kappa shape index (κ3) is 2.80. The average Bonchev–Trinajstić information content (AvgIpc) is 3.23. The zero-order chi connectivity index (χ0) is 12.4. The molecule has 92 valence electrons. The summed E-state index contributed by atoms with van der Waals surface area (Å²) in [5, 5.41) is 0. The van der Waals surface area contributed by atoms with E-state index in [0.717, 1.165) is 16.1 Å². The van der Waals surface area contributed by atoms with Gasteiger partial charge in [0.05, 0.1) is 0 Å². The van der Waals surface area contributed by atoms with Crippen LogP contribution in [0.4, 0.5) is 5.95 Å². The predicted molar refractivity (Wildman–Crippen MR) is 80.4 cm³/mol. The van der Waals surface area contributed by atoms with Crippen LogP contribution in [0.3, 0.4) is 0 Å². The van der Waals surface area contributed by atoms with E-state index in [2.05, 4.69) is 61.7 Å². The van der Waals surface area contributed by atoms with Gasteiger partial charge in [0.2, 0.25) is 5.95 Å². The lowest BCUT2D eigenvalue weighted by molar-refractivity contribution is 0.757. The monoisotopic (exact) mass is 351 g/mol. The van der Waals surface area contributed by atoms with E-state index >= 15 is 0 Å². The molecule has 1 aliphatic carbocycles. The largest absolute Gasteiger partial charge is 0.334 e. The van der Waals surface area contributed by atoms with Crippen LogP contribution < -0.4 is 4.90 Å². The molecule has 0 atom stereocenters. The molecule has 0 spiro atoms. The first-order chi connectivity index (χ1) is 8.83. The fourth-order valence-corrected chi connectivity index (χ4v) is 2.26. The lowest BCUT2D eigenvalue weighted by Gasteiger charge is -2.22. The first kappa shape index (κ1) is 11.9. The van der Waals surface area contributed by atoms with Crippen LogP contribution in [0.1, 0.15) is 18.4 Å². The summed E-state index contributed by atoms with van der Waals surface area (Å²) >= 11 is 2.23. The molecule has 0 unspecified atom stereocenters. The second-order valence-corrected chi connectivity index (χ2v) is 5.79. The van der Waals surface area contributed by atoms with E-state index in [0.29, 0.717) is 6.04 Å². The van der Waals surface area contributed by atoms with Crippen LogP contribution in [-0.4, -0.2) is 16.0 Å². The van der Waals surface area contributed by atoms with Gasteiger partial charge < -0.3 is 4.90 Å². The predicted octanol–water partition coefficient (Wildman–Crippen LogP) is 3.25. The van der Waals surface area contributed by atoms with E-state index in [4.69, 9.17) is 0 Å². The molecule has 0 bridgehead atoms. The van der Waals surface area contributed by atoms with Crippen LogP contribution in [0.5, 0.6) is 0 Å². The molecule has 0 radical (unpaired) electrons. The molecule has 0 saturated heterocycles. The molecule has 3 rings (SSSR count). The van der Waals surface area contributed by atoms with Gasteiger partial charge in [0.25, 0.3) is 0 Å². The molecule has 0 aliphatic heterocycles. The van der Waals surface area contributed by atoms with E-state index in [1.165, 1.54) is 18.4 Å². The molecule has 1 aromatic carbocycles. The number of nitrogens with zero attached hydrogens (tertiary/aromatic N) is 3. The van der Waals surface area contributed by atoms with E-state index in [9.17, 15) is 0 Å². The van der Waals surface area contributed by atoms with Gasteiger partial charge >= 0.3 is 0 Å². The smallest absolute Gasteiger partial charge is 0.225 e. The normalized spacial score (nSPS) is 14.5. The molecule has 1 aliphatic rings. The molecule has 2 aromatic rings. The van der Waals surface area contributed by atoms with Crippen molar-refractivity contribution in [1.82, 2.24) is 9.97 Å². The number of benzene rings is 1. The van der Waals surface area contributed by atoms with Crippen LogP contribution in [-0.2, 0) is 6.54 Å². The second-order valence-electron chi connectivity index (χ2n) is 4.55. The molecule has 1 heterocycles. The minimum absolute atomic E-state index is 0.616. The van der Waals surface area contributed by atoms with Crippen molar-refractivity contribution in [3.63, 3.8) is 0 Å². The number of rotatable bonds is 4.